The monoisotopic (exact) mass is 370 g/mol. The molecule has 0 aromatic heterocycles. The predicted octanol–water partition coefficient (Wildman–Crippen LogP) is 2.97. The summed E-state index contributed by atoms with van der Waals surface area (Å²) in [6.07, 6.45) is 0. The van der Waals surface area contributed by atoms with Gasteiger partial charge in [-0.3, -0.25) is 14.9 Å². The molecule has 1 heterocycles. The Kier molecular flexibility index (Phi) is 5.05. The number of hydrogen-bond acceptors (Lipinski definition) is 5. The van der Waals surface area contributed by atoms with E-state index in [1.54, 1.807) is 21.9 Å². The molecule has 1 aliphatic rings. The molecule has 0 aliphatic carbocycles. The van der Waals surface area contributed by atoms with Crippen molar-refractivity contribution in [1.29, 1.82) is 5.26 Å². The van der Waals surface area contributed by atoms with Gasteiger partial charge in [0.05, 0.1) is 22.7 Å². The number of halogens is 1. The van der Waals surface area contributed by atoms with Crippen molar-refractivity contribution in [3.05, 3.63) is 68.7 Å². The van der Waals surface area contributed by atoms with Crippen LogP contribution in [0.15, 0.2) is 42.5 Å². The number of anilines is 1. The number of benzene rings is 2. The van der Waals surface area contributed by atoms with E-state index in [4.69, 9.17) is 11.6 Å². The van der Waals surface area contributed by atoms with Crippen molar-refractivity contribution in [3.8, 4) is 6.07 Å². The van der Waals surface area contributed by atoms with Crippen molar-refractivity contribution in [2.45, 2.75) is 6.54 Å². The lowest BCUT2D eigenvalue weighted by atomic mass is 10.1. The highest BCUT2D eigenvalue weighted by molar-refractivity contribution is 6.30. The Morgan fingerprint density at radius 3 is 2.54 bits per heavy atom. The van der Waals surface area contributed by atoms with Gasteiger partial charge in [-0.1, -0.05) is 23.7 Å². The van der Waals surface area contributed by atoms with E-state index >= 15 is 0 Å². The maximum Gasteiger partial charge on any atom is 0.270 e. The van der Waals surface area contributed by atoms with Crippen molar-refractivity contribution in [3.63, 3.8) is 0 Å². The van der Waals surface area contributed by atoms with Crippen molar-refractivity contribution in [2.75, 3.05) is 24.5 Å². The van der Waals surface area contributed by atoms with E-state index in [2.05, 4.69) is 0 Å². The number of carbonyl (C=O) groups is 1. The number of nitro groups is 1. The van der Waals surface area contributed by atoms with Gasteiger partial charge in [0.1, 0.15) is 6.07 Å². The lowest BCUT2D eigenvalue weighted by Crippen LogP contribution is -2.50. The van der Waals surface area contributed by atoms with E-state index in [9.17, 15) is 20.2 Å². The van der Waals surface area contributed by atoms with Crippen LogP contribution in [0.4, 0.5) is 11.4 Å². The molecule has 1 saturated heterocycles. The van der Waals surface area contributed by atoms with Gasteiger partial charge in [0, 0.05) is 36.8 Å². The third-order valence-corrected chi connectivity index (χ3v) is 4.51. The van der Waals surface area contributed by atoms with Gasteiger partial charge < -0.3 is 9.80 Å². The van der Waals surface area contributed by atoms with E-state index in [0.717, 1.165) is 5.56 Å². The lowest BCUT2D eigenvalue weighted by Gasteiger charge is -2.36. The zero-order chi connectivity index (χ0) is 18.7. The molecule has 1 amide bonds. The number of nitrogens with zero attached hydrogens (tertiary/aromatic N) is 4. The molecule has 0 saturated carbocycles. The SMILES string of the molecule is N#Cc1cc([N+](=O)[O-])ccc1N1CCN(Cc2ccc(Cl)cc2)C(=O)C1. The number of nitriles is 1. The molecule has 8 heteroatoms. The number of rotatable bonds is 4. The molecule has 2 aromatic rings. The fraction of sp³-hybridized carbons (Fsp3) is 0.222. The molecular formula is C18H15ClN4O3. The van der Waals surface area contributed by atoms with Crippen molar-refractivity contribution in [2.24, 2.45) is 0 Å². The van der Waals surface area contributed by atoms with E-state index < -0.39 is 4.92 Å². The molecule has 2 aromatic carbocycles. The van der Waals surface area contributed by atoms with Gasteiger partial charge in [-0.05, 0) is 23.8 Å². The molecule has 3 rings (SSSR count). The molecule has 1 aliphatic heterocycles. The van der Waals surface area contributed by atoms with Gasteiger partial charge in [-0.15, -0.1) is 0 Å². The quantitative estimate of drug-likeness (QED) is 0.609. The average Bonchev–Trinajstić information content (AvgIpc) is 2.64. The topological polar surface area (TPSA) is 90.5 Å². The molecule has 7 nitrogen and oxygen atoms in total. The van der Waals surface area contributed by atoms with Crippen LogP contribution in [0.5, 0.6) is 0 Å². The third kappa shape index (κ3) is 3.76. The van der Waals surface area contributed by atoms with Gasteiger partial charge in [-0.25, -0.2) is 0 Å². The normalized spacial score (nSPS) is 14.2. The first-order valence-corrected chi connectivity index (χ1v) is 8.31. The second kappa shape index (κ2) is 7.42. The van der Waals surface area contributed by atoms with Crippen LogP contribution < -0.4 is 4.90 Å². The van der Waals surface area contributed by atoms with Gasteiger partial charge in [0.15, 0.2) is 0 Å². The van der Waals surface area contributed by atoms with Gasteiger partial charge in [0.2, 0.25) is 5.91 Å². The summed E-state index contributed by atoms with van der Waals surface area (Å²) < 4.78 is 0. The van der Waals surface area contributed by atoms with Crippen LogP contribution in [0.3, 0.4) is 0 Å². The first-order chi connectivity index (χ1) is 12.5. The molecule has 0 N–H and O–H groups in total. The largest absolute Gasteiger partial charge is 0.359 e. The fourth-order valence-corrected chi connectivity index (χ4v) is 3.02. The molecular weight excluding hydrogens is 356 g/mol. The summed E-state index contributed by atoms with van der Waals surface area (Å²) >= 11 is 5.87. The van der Waals surface area contributed by atoms with E-state index in [0.29, 0.717) is 30.3 Å². The summed E-state index contributed by atoms with van der Waals surface area (Å²) in [4.78, 5) is 26.3. The highest BCUT2D eigenvalue weighted by Gasteiger charge is 2.26. The number of nitro benzene ring substituents is 1. The molecule has 0 atom stereocenters. The van der Waals surface area contributed by atoms with E-state index in [1.165, 1.54) is 18.2 Å². The Morgan fingerprint density at radius 2 is 1.92 bits per heavy atom. The molecule has 0 bridgehead atoms. The summed E-state index contributed by atoms with van der Waals surface area (Å²) in [6.45, 7) is 1.67. The Morgan fingerprint density at radius 1 is 1.19 bits per heavy atom. The summed E-state index contributed by atoms with van der Waals surface area (Å²) in [5.41, 5.74) is 1.58. The Balaban J connectivity index is 1.72. The number of piperazine rings is 1. The minimum absolute atomic E-state index is 0.0616. The smallest absolute Gasteiger partial charge is 0.270 e. The predicted molar refractivity (Wildman–Crippen MR) is 96.9 cm³/mol. The molecule has 132 valence electrons. The Hall–Kier alpha value is -3.11. The van der Waals surface area contributed by atoms with Gasteiger partial charge >= 0.3 is 0 Å². The number of non-ortho nitro benzene ring substituents is 1. The van der Waals surface area contributed by atoms with Crippen LogP contribution in [0.25, 0.3) is 0 Å². The Labute approximate surface area is 155 Å². The second-order valence-electron chi connectivity index (χ2n) is 5.93. The van der Waals surface area contributed by atoms with Crippen LogP contribution in [0.2, 0.25) is 5.02 Å². The highest BCUT2D eigenvalue weighted by Crippen LogP contribution is 2.26. The zero-order valence-corrected chi connectivity index (χ0v) is 14.5. The standard InChI is InChI=1S/C18H15ClN4O3/c19-15-3-1-13(2-4-15)11-22-8-7-21(12-18(22)24)17-6-5-16(23(25)26)9-14(17)10-20/h1-6,9H,7-8,11-12H2. The third-order valence-electron chi connectivity index (χ3n) is 4.26. The maximum atomic E-state index is 12.5. The fourth-order valence-electron chi connectivity index (χ4n) is 2.89. The second-order valence-corrected chi connectivity index (χ2v) is 6.37. The molecule has 0 radical (unpaired) electrons. The molecule has 0 spiro atoms. The number of amides is 1. The first-order valence-electron chi connectivity index (χ1n) is 7.93. The van der Waals surface area contributed by atoms with Gasteiger partial charge in [-0.2, -0.15) is 5.26 Å². The lowest BCUT2D eigenvalue weighted by molar-refractivity contribution is -0.384. The van der Waals surface area contributed by atoms with Crippen molar-refractivity contribution < 1.29 is 9.72 Å². The average molecular weight is 371 g/mol. The highest BCUT2D eigenvalue weighted by atomic mass is 35.5. The molecule has 26 heavy (non-hydrogen) atoms. The van der Waals surface area contributed by atoms with E-state index in [-0.39, 0.29) is 23.7 Å². The Bertz CT molecular complexity index is 892. The van der Waals surface area contributed by atoms with Gasteiger partial charge in [0.25, 0.3) is 5.69 Å². The molecule has 0 unspecified atom stereocenters. The van der Waals surface area contributed by atoms with Crippen LogP contribution >= 0.6 is 11.6 Å². The van der Waals surface area contributed by atoms with Crippen molar-refractivity contribution >= 4 is 28.9 Å². The zero-order valence-electron chi connectivity index (χ0n) is 13.8. The van der Waals surface area contributed by atoms with E-state index in [1.807, 2.05) is 18.2 Å². The van der Waals surface area contributed by atoms with Crippen molar-refractivity contribution in [1.82, 2.24) is 4.90 Å². The number of hydrogen-bond donors (Lipinski definition) is 0. The van der Waals surface area contributed by atoms with Crippen LogP contribution in [-0.2, 0) is 11.3 Å². The van der Waals surface area contributed by atoms with Crippen LogP contribution in [-0.4, -0.2) is 35.4 Å². The van der Waals surface area contributed by atoms with Crippen LogP contribution in [0, 0.1) is 21.4 Å². The minimum atomic E-state index is -0.542. The minimum Gasteiger partial charge on any atom is -0.359 e. The summed E-state index contributed by atoms with van der Waals surface area (Å²) in [5.74, 6) is -0.0616. The maximum absolute atomic E-state index is 12.5. The number of carbonyl (C=O) groups excluding carboxylic acids is 1. The summed E-state index contributed by atoms with van der Waals surface area (Å²) in [6, 6.07) is 13.4. The molecule has 1 fully saturated rings. The summed E-state index contributed by atoms with van der Waals surface area (Å²) in [5, 5.41) is 20.8. The summed E-state index contributed by atoms with van der Waals surface area (Å²) in [7, 11) is 0. The van der Waals surface area contributed by atoms with Crippen LogP contribution in [0.1, 0.15) is 11.1 Å². The first kappa shape index (κ1) is 17.7.